The third-order valence-electron chi connectivity index (χ3n) is 11.8. The average molecular weight is 501 g/mol. The highest BCUT2D eigenvalue weighted by molar-refractivity contribution is 5.97. The number of aliphatic hydroxyl groups is 1. The number of hydrogen-bond donors (Lipinski definition) is 2. The molecule has 3 unspecified atom stereocenters. The van der Waals surface area contributed by atoms with Crippen LogP contribution in [0.1, 0.15) is 79.1 Å². The Morgan fingerprint density at radius 1 is 1.14 bits per heavy atom. The zero-order chi connectivity index (χ0) is 26.1. The largest absolute Gasteiger partial charge is 0.445 e. The highest BCUT2D eigenvalue weighted by atomic mass is 16.6. The van der Waals surface area contributed by atoms with Crippen molar-refractivity contribution in [3.05, 3.63) is 12.7 Å². The summed E-state index contributed by atoms with van der Waals surface area (Å²) >= 11 is 0. The molecule has 2 saturated heterocycles. The van der Waals surface area contributed by atoms with E-state index in [0.717, 1.165) is 45.2 Å². The summed E-state index contributed by atoms with van der Waals surface area (Å²) in [4.78, 5) is 42.0. The molecule has 3 saturated carbocycles. The summed E-state index contributed by atoms with van der Waals surface area (Å²) in [6.45, 7) is 14.4. The van der Waals surface area contributed by atoms with E-state index < -0.39 is 34.5 Å². The van der Waals surface area contributed by atoms with Gasteiger partial charge < -0.3 is 15.2 Å². The van der Waals surface area contributed by atoms with Crippen LogP contribution in [0.5, 0.6) is 0 Å². The number of aliphatic hydroxyl groups excluding tert-OH is 1. The normalized spacial score (nSPS) is 46.2. The zero-order valence-corrected chi connectivity index (χ0v) is 22.5. The van der Waals surface area contributed by atoms with Crippen molar-refractivity contribution in [1.82, 2.24) is 10.2 Å². The van der Waals surface area contributed by atoms with E-state index in [0.29, 0.717) is 25.8 Å². The molecule has 36 heavy (non-hydrogen) atoms. The molecule has 0 radical (unpaired) electrons. The molecule has 1 spiro atoms. The predicted octanol–water partition coefficient (Wildman–Crippen LogP) is 4.09. The van der Waals surface area contributed by atoms with Crippen LogP contribution in [0.25, 0.3) is 0 Å². The molecule has 0 aromatic rings. The maximum atomic E-state index is 13.7. The van der Waals surface area contributed by atoms with Crippen LogP contribution in [0.2, 0.25) is 0 Å². The highest BCUT2D eigenvalue weighted by Crippen LogP contribution is 2.68. The maximum absolute atomic E-state index is 13.7. The van der Waals surface area contributed by atoms with Crippen molar-refractivity contribution < 1.29 is 24.2 Å². The molecule has 2 amide bonds. The first-order valence-electron chi connectivity index (χ1n) is 14.0. The summed E-state index contributed by atoms with van der Waals surface area (Å²) in [7, 11) is 0. The van der Waals surface area contributed by atoms with Crippen molar-refractivity contribution in [2.75, 3.05) is 19.6 Å². The van der Waals surface area contributed by atoms with Gasteiger partial charge >= 0.3 is 6.09 Å². The second-order valence-corrected chi connectivity index (χ2v) is 13.2. The molecule has 0 aromatic carbocycles. The zero-order valence-electron chi connectivity index (χ0n) is 22.5. The Bertz CT molecular complexity index is 959. The number of likely N-dealkylation sites (tertiary alicyclic amines) is 1. The van der Waals surface area contributed by atoms with Crippen LogP contribution in [0.3, 0.4) is 0 Å². The Balaban J connectivity index is 1.52. The van der Waals surface area contributed by atoms with E-state index in [2.05, 4.69) is 32.7 Å². The monoisotopic (exact) mass is 500 g/mol. The minimum Gasteiger partial charge on any atom is -0.445 e. The van der Waals surface area contributed by atoms with E-state index >= 15 is 0 Å². The van der Waals surface area contributed by atoms with Crippen LogP contribution >= 0.6 is 0 Å². The molecular weight excluding hydrogens is 456 g/mol. The fraction of sp³-hybridized carbons (Fsp3) is 0.828. The van der Waals surface area contributed by atoms with E-state index in [-0.39, 0.29) is 34.9 Å². The Morgan fingerprint density at radius 2 is 1.83 bits per heavy atom. The highest BCUT2D eigenvalue weighted by Gasteiger charge is 2.68. The van der Waals surface area contributed by atoms with Crippen molar-refractivity contribution in [2.45, 2.75) is 91.3 Å². The lowest BCUT2D eigenvalue weighted by Gasteiger charge is -2.61. The Labute approximate surface area is 215 Å². The summed E-state index contributed by atoms with van der Waals surface area (Å²) in [5.74, 6) is -0.0571. The summed E-state index contributed by atoms with van der Waals surface area (Å²) in [5, 5.41) is 15.0. The molecule has 2 N–H and O–H groups in total. The number of carbonyl (C=O) groups excluding carboxylic acids is 3. The molecular formula is C29H44N2O5. The van der Waals surface area contributed by atoms with Gasteiger partial charge in [-0.25, -0.2) is 9.69 Å². The maximum Gasteiger partial charge on any atom is 0.416 e. The van der Waals surface area contributed by atoms with Crippen LogP contribution in [0, 0.1) is 39.4 Å². The Hall–Kier alpha value is -1.73. The molecule has 5 aliphatic rings. The lowest BCUT2D eigenvalue weighted by molar-refractivity contribution is -0.193. The molecule has 2 bridgehead atoms. The SMILES string of the molecule is C=C[C@]1(C)C[C@@H](OC(=O)N2CCC3(CCNCC3)C2=O)[C@]2(C)C(C)CCC3(CCC(=O)C32)[C@@H](C)[C@@H]1O. The van der Waals surface area contributed by atoms with Crippen LogP contribution < -0.4 is 5.32 Å². The number of imide groups is 1. The molecule has 5 rings (SSSR count). The summed E-state index contributed by atoms with van der Waals surface area (Å²) < 4.78 is 6.35. The van der Waals surface area contributed by atoms with E-state index in [1.807, 2.05) is 6.92 Å². The smallest absolute Gasteiger partial charge is 0.416 e. The van der Waals surface area contributed by atoms with Gasteiger partial charge in [-0.2, -0.15) is 0 Å². The fourth-order valence-electron chi connectivity index (χ4n) is 9.05. The van der Waals surface area contributed by atoms with E-state index in [9.17, 15) is 19.5 Å². The number of nitrogens with zero attached hydrogens (tertiary/aromatic N) is 1. The first-order valence-corrected chi connectivity index (χ1v) is 14.0. The first-order chi connectivity index (χ1) is 16.9. The number of ether oxygens (including phenoxy) is 1. The molecule has 2 heterocycles. The van der Waals surface area contributed by atoms with Gasteiger partial charge in [-0.05, 0) is 75.3 Å². The minimum atomic E-state index is -0.700. The van der Waals surface area contributed by atoms with Gasteiger partial charge in [0, 0.05) is 29.7 Å². The fourth-order valence-corrected chi connectivity index (χ4v) is 9.05. The molecule has 0 aromatic heterocycles. The van der Waals surface area contributed by atoms with E-state index in [4.69, 9.17) is 4.74 Å². The number of carbonyl (C=O) groups is 3. The van der Waals surface area contributed by atoms with Crippen molar-refractivity contribution in [3.63, 3.8) is 0 Å². The number of Topliss-reactive ketones (excluding diaryl/α,β-unsaturated/α-hetero) is 1. The quantitative estimate of drug-likeness (QED) is 0.555. The topological polar surface area (TPSA) is 95.9 Å². The number of hydrogen-bond acceptors (Lipinski definition) is 6. The van der Waals surface area contributed by atoms with Crippen molar-refractivity contribution >= 4 is 17.8 Å². The van der Waals surface area contributed by atoms with Gasteiger partial charge in [0.1, 0.15) is 11.9 Å². The number of rotatable bonds is 2. The summed E-state index contributed by atoms with van der Waals surface area (Å²) in [6.07, 6.45) is 5.55. The van der Waals surface area contributed by atoms with Crippen molar-refractivity contribution in [2.24, 2.45) is 39.4 Å². The van der Waals surface area contributed by atoms with E-state index in [1.165, 1.54) is 4.90 Å². The summed E-state index contributed by atoms with van der Waals surface area (Å²) in [6, 6.07) is 0. The van der Waals surface area contributed by atoms with E-state index in [1.54, 1.807) is 6.08 Å². The third-order valence-corrected chi connectivity index (χ3v) is 11.8. The number of piperidine rings is 1. The van der Waals surface area contributed by atoms with Crippen LogP contribution in [0.4, 0.5) is 4.79 Å². The molecule has 8 atom stereocenters. The third kappa shape index (κ3) is 3.40. The number of ketones is 1. The first kappa shape index (κ1) is 25.9. The van der Waals surface area contributed by atoms with Gasteiger partial charge in [-0.15, -0.1) is 6.58 Å². The Kier molecular flexibility index (Phi) is 6.23. The lowest BCUT2D eigenvalue weighted by atomic mass is 9.44. The van der Waals surface area contributed by atoms with Crippen molar-refractivity contribution in [3.8, 4) is 0 Å². The van der Waals surface area contributed by atoms with Crippen molar-refractivity contribution in [1.29, 1.82) is 0 Å². The van der Waals surface area contributed by atoms with Gasteiger partial charge in [-0.3, -0.25) is 9.59 Å². The average Bonchev–Trinajstić information content (AvgIpc) is 3.38. The number of amides is 2. The lowest BCUT2D eigenvalue weighted by Crippen LogP contribution is -2.63. The standard InChI is InChI=1S/C29H44N2O5/c1-6-26(4)17-21(36-25(35)31-16-13-28(24(31)34)11-14-30-15-12-28)27(5)18(2)7-9-29(19(3)23(26)33)10-8-20(32)22(27)29/h6,18-19,21-23,30,33H,1,7-17H2,2-5H3/t18?,19-,21+,22?,23-,26+,27-,29?/m0/s1. The van der Waals surface area contributed by atoms with Gasteiger partial charge in [0.2, 0.25) is 5.91 Å². The number of nitrogens with one attached hydrogen (secondary N) is 1. The Morgan fingerprint density at radius 3 is 2.50 bits per heavy atom. The summed E-state index contributed by atoms with van der Waals surface area (Å²) in [5.41, 5.74) is -2.03. The molecule has 3 aliphatic carbocycles. The van der Waals surface area contributed by atoms with Crippen LogP contribution in [-0.2, 0) is 14.3 Å². The van der Waals surface area contributed by atoms with Gasteiger partial charge in [0.15, 0.2) is 0 Å². The molecule has 5 fully saturated rings. The molecule has 7 nitrogen and oxygen atoms in total. The second-order valence-electron chi connectivity index (χ2n) is 13.2. The van der Waals surface area contributed by atoms with Gasteiger partial charge in [-0.1, -0.05) is 33.8 Å². The second kappa shape index (κ2) is 8.65. The molecule has 7 heteroatoms. The predicted molar refractivity (Wildman–Crippen MR) is 136 cm³/mol. The minimum absolute atomic E-state index is 0.0691. The van der Waals surface area contributed by atoms with Crippen LogP contribution in [-0.4, -0.2) is 59.6 Å². The van der Waals surface area contributed by atoms with Gasteiger partial charge in [0.05, 0.1) is 11.5 Å². The van der Waals surface area contributed by atoms with Crippen LogP contribution in [0.15, 0.2) is 12.7 Å². The molecule has 200 valence electrons. The van der Waals surface area contributed by atoms with Gasteiger partial charge in [0.25, 0.3) is 0 Å². The molecule has 2 aliphatic heterocycles.